The van der Waals surface area contributed by atoms with E-state index < -0.39 is 0 Å². The summed E-state index contributed by atoms with van der Waals surface area (Å²) in [4.78, 5) is 0. The normalized spacial score (nSPS) is 29.5. The molecule has 0 radical (unpaired) electrons. The lowest BCUT2D eigenvalue weighted by Gasteiger charge is -2.41. The van der Waals surface area contributed by atoms with Crippen LogP contribution in [-0.4, -0.2) is 15.8 Å². The molecule has 3 atom stereocenters. The summed E-state index contributed by atoms with van der Waals surface area (Å²) in [5, 5.41) is 8.37. The number of allylic oxidation sites excluding steroid dienone is 1. The highest BCUT2D eigenvalue weighted by Crippen LogP contribution is 2.44. The fourth-order valence-electron chi connectivity index (χ4n) is 3.44. The quantitative estimate of drug-likeness (QED) is 0.826. The van der Waals surface area contributed by atoms with Gasteiger partial charge in [0.05, 0.1) is 17.1 Å². The Hall–Kier alpha value is -1.25. The van der Waals surface area contributed by atoms with Crippen molar-refractivity contribution in [1.82, 2.24) is 9.78 Å². The Morgan fingerprint density at radius 1 is 1.39 bits per heavy atom. The first-order valence-electron chi connectivity index (χ1n) is 7.07. The maximum Gasteiger partial charge on any atom is 0.0828 e. The number of hydrogen-bond acceptors (Lipinski definition) is 2. The van der Waals surface area contributed by atoms with Crippen molar-refractivity contribution >= 4 is 5.69 Å². The Balaban J connectivity index is 1.79. The molecule has 1 fully saturated rings. The van der Waals surface area contributed by atoms with Gasteiger partial charge < -0.3 is 5.32 Å². The van der Waals surface area contributed by atoms with Crippen molar-refractivity contribution in [3.63, 3.8) is 0 Å². The molecule has 2 aliphatic rings. The van der Waals surface area contributed by atoms with Crippen LogP contribution in [0.1, 0.15) is 44.1 Å². The van der Waals surface area contributed by atoms with E-state index in [1.54, 1.807) is 0 Å². The second kappa shape index (κ2) is 4.15. The van der Waals surface area contributed by atoms with E-state index in [1.165, 1.54) is 24.2 Å². The van der Waals surface area contributed by atoms with Crippen molar-refractivity contribution < 1.29 is 0 Å². The van der Waals surface area contributed by atoms with Crippen LogP contribution in [-0.2, 0) is 0 Å². The summed E-state index contributed by atoms with van der Waals surface area (Å²) >= 11 is 0. The van der Waals surface area contributed by atoms with Gasteiger partial charge in [-0.2, -0.15) is 5.10 Å². The van der Waals surface area contributed by atoms with E-state index in [-0.39, 0.29) is 0 Å². The van der Waals surface area contributed by atoms with Gasteiger partial charge in [-0.05, 0) is 46.5 Å². The molecule has 1 aromatic heterocycles. The molecule has 1 saturated carbocycles. The van der Waals surface area contributed by atoms with Crippen molar-refractivity contribution in [1.29, 1.82) is 0 Å². The highest BCUT2D eigenvalue weighted by atomic mass is 15.3. The van der Waals surface area contributed by atoms with Crippen LogP contribution in [0.25, 0.3) is 0 Å². The molecule has 98 valence electrons. The van der Waals surface area contributed by atoms with Gasteiger partial charge in [0.2, 0.25) is 0 Å². The van der Waals surface area contributed by atoms with Gasteiger partial charge in [0.25, 0.3) is 0 Å². The number of fused-ring (bicyclic) bond motifs is 1. The average molecular weight is 245 g/mol. The van der Waals surface area contributed by atoms with Crippen LogP contribution in [0.3, 0.4) is 0 Å². The lowest BCUT2D eigenvalue weighted by atomic mass is 9.71. The Labute approximate surface area is 109 Å². The maximum atomic E-state index is 4.64. The second-order valence-electron chi connectivity index (χ2n) is 6.07. The van der Waals surface area contributed by atoms with Crippen molar-refractivity contribution in [2.75, 3.05) is 5.32 Å². The fourth-order valence-corrected chi connectivity index (χ4v) is 3.44. The number of aryl methyl sites for hydroxylation is 1. The predicted molar refractivity (Wildman–Crippen MR) is 74.9 cm³/mol. The van der Waals surface area contributed by atoms with E-state index in [1.807, 2.05) is 0 Å². The van der Waals surface area contributed by atoms with Crippen LogP contribution >= 0.6 is 0 Å². The summed E-state index contributed by atoms with van der Waals surface area (Å²) < 4.78 is 2.12. The summed E-state index contributed by atoms with van der Waals surface area (Å²) in [6.45, 7) is 8.64. The number of nitrogens with one attached hydrogen (secondary N) is 1. The first kappa shape index (κ1) is 11.8. The Morgan fingerprint density at radius 2 is 2.17 bits per heavy atom. The smallest absolute Gasteiger partial charge is 0.0828 e. The summed E-state index contributed by atoms with van der Waals surface area (Å²) in [6, 6.07) is 1.05. The van der Waals surface area contributed by atoms with E-state index in [4.69, 9.17) is 0 Å². The van der Waals surface area contributed by atoms with Gasteiger partial charge in [0.1, 0.15) is 0 Å². The van der Waals surface area contributed by atoms with Crippen molar-refractivity contribution in [2.24, 2.45) is 11.8 Å². The van der Waals surface area contributed by atoms with E-state index in [0.717, 1.165) is 17.5 Å². The number of aromatic nitrogens is 2. The maximum absolute atomic E-state index is 4.64. The molecule has 0 aliphatic heterocycles. The molecule has 1 aromatic rings. The van der Waals surface area contributed by atoms with E-state index >= 15 is 0 Å². The third-order valence-corrected chi connectivity index (χ3v) is 4.51. The molecular weight excluding hydrogens is 222 g/mol. The first-order valence-corrected chi connectivity index (χ1v) is 7.07. The second-order valence-corrected chi connectivity index (χ2v) is 6.07. The highest BCUT2D eigenvalue weighted by molar-refractivity contribution is 5.53. The van der Waals surface area contributed by atoms with Crippen molar-refractivity contribution in [3.8, 4) is 0 Å². The van der Waals surface area contributed by atoms with Crippen LogP contribution in [0.15, 0.2) is 12.2 Å². The molecule has 0 spiro atoms. The summed E-state index contributed by atoms with van der Waals surface area (Å²) in [7, 11) is 0. The standard InChI is InChI=1S/C15H23N3/c1-9(2)18-11(4)15(10(3)17-18)16-14-8-12-6-5-7-13(12)14/h5,7,9,12-14,16H,6,8H2,1-4H3. The van der Waals surface area contributed by atoms with Gasteiger partial charge >= 0.3 is 0 Å². The van der Waals surface area contributed by atoms with Crippen molar-refractivity contribution in [3.05, 3.63) is 23.5 Å². The zero-order chi connectivity index (χ0) is 12.9. The summed E-state index contributed by atoms with van der Waals surface area (Å²) in [6.07, 6.45) is 7.33. The van der Waals surface area contributed by atoms with Crippen LogP contribution in [0.4, 0.5) is 5.69 Å². The minimum atomic E-state index is 0.430. The molecule has 1 heterocycles. The van der Waals surface area contributed by atoms with Crippen LogP contribution in [0.2, 0.25) is 0 Å². The molecule has 0 aromatic carbocycles. The van der Waals surface area contributed by atoms with Crippen LogP contribution in [0, 0.1) is 25.7 Å². The third kappa shape index (κ3) is 1.68. The SMILES string of the molecule is Cc1nn(C(C)C)c(C)c1NC1CC2CC=CC21. The largest absolute Gasteiger partial charge is 0.379 e. The minimum Gasteiger partial charge on any atom is -0.379 e. The molecule has 3 heteroatoms. The number of hydrogen-bond donors (Lipinski definition) is 1. The average Bonchev–Trinajstić information content (AvgIpc) is 2.79. The summed E-state index contributed by atoms with van der Waals surface area (Å²) in [5.41, 5.74) is 3.66. The molecule has 3 rings (SSSR count). The molecule has 3 nitrogen and oxygen atoms in total. The molecule has 2 aliphatic carbocycles. The Morgan fingerprint density at radius 3 is 2.78 bits per heavy atom. The zero-order valence-corrected chi connectivity index (χ0v) is 11.8. The molecule has 0 saturated heterocycles. The molecule has 18 heavy (non-hydrogen) atoms. The van der Waals surface area contributed by atoms with Gasteiger partial charge in [0.15, 0.2) is 0 Å². The minimum absolute atomic E-state index is 0.430. The van der Waals surface area contributed by atoms with Gasteiger partial charge in [-0.3, -0.25) is 4.68 Å². The number of nitrogens with zero attached hydrogens (tertiary/aromatic N) is 2. The van der Waals surface area contributed by atoms with Gasteiger partial charge in [0, 0.05) is 18.0 Å². The van der Waals surface area contributed by atoms with Gasteiger partial charge in [-0.15, -0.1) is 0 Å². The molecule has 0 bridgehead atoms. The van der Waals surface area contributed by atoms with Crippen LogP contribution < -0.4 is 5.32 Å². The lowest BCUT2D eigenvalue weighted by Crippen LogP contribution is -2.43. The van der Waals surface area contributed by atoms with E-state index in [0.29, 0.717) is 12.1 Å². The lowest BCUT2D eigenvalue weighted by molar-refractivity contribution is 0.218. The molecule has 0 amide bonds. The van der Waals surface area contributed by atoms with E-state index in [2.05, 4.69) is 54.9 Å². The zero-order valence-electron chi connectivity index (χ0n) is 11.8. The van der Waals surface area contributed by atoms with Crippen LogP contribution in [0.5, 0.6) is 0 Å². The summed E-state index contributed by atoms with van der Waals surface area (Å²) in [5.74, 6) is 1.66. The van der Waals surface area contributed by atoms with Gasteiger partial charge in [-0.25, -0.2) is 0 Å². The topological polar surface area (TPSA) is 29.9 Å². The Kier molecular flexibility index (Phi) is 2.72. The highest BCUT2D eigenvalue weighted by Gasteiger charge is 2.41. The fraction of sp³-hybridized carbons (Fsp3) is 0.667. The molecule has 1 N–H and O–H groups in total. The monoisotopic (exact) mass is 245 g/mol. The van der Waals surface area contributed by atoms with E-state index in [9.17, 15) is 0 Å². The number of anilines is 1. The Bertz CT molecular complexity index is 484. The first-order chi connectivity index (χ1) is 8.58. The molecular formula is C15H23N3. The van der Waals surface area contributed by atoms with Gasteiger partial charge in [-0.1, -0.05) is 12.2 Å². The van der Waals surface area contributed by atoms with Crippen molar-refractivity contribution in [2.45, 2.75) is 52.6 Å². The third-order valence-electron chi connectivity index (χ3n) is 4.51. The molecule has 3 unspecified atom stereocenters. The predicted octanol–water partition coefficient (Wildman–Crippen LogP) is 3.46. The number of rotatable bonds is 3.